The lowest BCUT2D eigenvalue weighted by molar-refractivity contribution is -0.136. The van der Waals surface area contributed by atoms with Crippen LogP contribution in [0.4, 0.5) is 5.69 Å². The van der Waals surface area contributed by atoms with Gasteiger partial charge in [0.15, 0.2) is 11.5 Å². The van der Waals surface area contributed by atoms with E-state index in [0.29, 0.717) is 39.8 Å². The Hall–Kier alpha value is -3.36. The first-order chi connectivity index (χ1) is 13.1. The molecule has 0 saturated heterocycles. The van der Waals surface area contributed by atoms with Gasteiger partial charge in [0.05, 0.1) is 42.8 Å². The summed E-state index contributed by atoms with van der Waals surface area (Å²) in [5.41, 5.74) is 3.46. The number of cyclic esters (lactones) is 1. The minimum atomic E-state index is -0.481. The molecule has 3 aliphatic rings. The maximum atomic E-state index is 12.5. The van der Waals surface area contributed by atoms with Crippen LogP contribution in [-0.4, -0.2) is 43.4 Å². The standard InChI is InChI=1S/C18H17N3O6/c1-21-5-9-14(20-21)12(13-10(19-9)6-25-18(13)22)8-4-11-16(27-7-26-11)17(24-3)15(8)23-2/h4-5,12,19H,6-7H2,1-3H3/t12-/m1/s1. The Balaban J connectivity index is 1.79. The third kappa shape index (κ3) is 2.11. The Kier molecular flexibility index (Phi) is 3.27. The molecule has 3 aliphatic heterocycles. The van der Waals surface area contributed by atoms with E-state index in [1.807, 2.05) is 19.3 Å². The number of benzene rings is 1. The average molecular weight is 371 g/mol. The number of hydrogen-bond acceptors (Lipinski definition) is 8. The van der Waals surface area contributed by atoms with Crippen molar-refractivity contribution in [2.24, 2.45) is 7.05 Å². The van der Waals surface area contributed by atoms with E-state index in [4.69, 9.17) is 23.7 Å². The second kappa shape index (κ2) is 5.57. The van der Waals surface area contributed by atoms with Crippen LogP contribution in [0.25, 0.3) is 0 Å². The van der Waals surface area contributed by atoms with E-state index in [-0.39, 0.29) is 19.4 Å². The predicted octanol–water partition coefficient (Wildman–Crippen LogP) is 1.53. The minimum absolute atomic E-state index is 0.0926. The van der Waals surface area contributed by atoms with Crippen LogP contribution in [0, 0.1) is 0 Å². The number of carbonyl (C=O) groups is 1. The monoisotopic (exact) mass is 371 g/mol. The molecule has 140 valence electrons. The molecule has 4 heterocycles. The molecule has 0 fully saturated rings. The molecule has 5 rings (SSSR count). The Morgan fingerprint density at radius 3 is 2.81 bits per heavy atom. The van der Waals surface area contributed by atoms with Gasteiger partial charge in [0.1, 0.15) is 6.61 Å². The zero-order valence-corrected chi connectivity index (χ0v) is 15.0. The number of rotatable bonds is 3. The molecular formula is C18H17N3O6. The molecule has 27 heavy (non-hydrogen) atoms. The highest BCUT2D eigenvalue weighted by Gasteiger charge is 2.43. The highest BCUT2D eigenvalue weighted by molar-refractivity contribution is 5.97. The van der Waals surface area contributed by atoms with Crippen LogP contribution in [0.15, 0.2) is 23.5 Å². The van der Waals surface area contributed by atoms with Gasteiger partial charge in [-0.2, -0.15) is 5.10 Å². The summed E-state index contributed by atoms with van der Waals surface area (Å²) in [6.45, 7) is 0.290. The van der Waals surface area contributed by atoms with Gasteiger partial charge in [-0.25, -0.2) is 4.79 Å². The fraction of sp³-hybridized carbons (Fsp3) is 0.333. The fourth-order valence-corrected chi connectivity index (χ4v) is 3.85. The zero-order valence-electron chi connectivity index (χ0n) is 15.0. The number of hydrogen-bond donors (Lipinski definition) is 1. The average Bonchev–Trinajstić information content (AvgIpc) is 3.36. The van der Waals surface area contributed by atoms with Crippen molar-refractivity contribution in [1.29, 1.82) is 0 Å². The Morgan fingerprint density at radius 2 is 2.04 bits per heavy atom. The molecule has 0 bridgehead atoms. The summed E-state index contributed by atoms with van der Waals surface area (Å²) in [5.74, 6) is 1.05. The number of nitrogens with one attached hydrogen (secondary N) is 1. The molecule has 0 spiro atoms. The van der Waals surface area contributed by atoms with Crippen molar-refractivity contribution in [3.8, 4) is 23.0 Å². The van der Waals surface area contributed by atoms with Crippen LogP contribution in [0.1, 0.15) is 17.2 Å². The Morgan fingerprint density at radius 1 is 1.22 bits per heavy atom. The molecular weight excluding hydrogens is 354 g/mol. The normalized spacial score (nSPS) is 19.4. The van der Waals surface area contributed by atoms with Crippen molar-refractivity contribution < 1.29 is 28.5 Å². The maximum Gasteiger partial charge on any atom is 0.337 e. The van der Waals surface area contributed by atoms with Crippen molar-refractivity contribution in [2.45, 2.75) is 5.92 Å². The molecule has 1 aromatic heterocycles. The zero-order chi connectivity index (χ0) is 18.7. The lowest BCUT2D eigenvalue weighted by atomic mass is 9.84. The number of carbonyl (C=O) groups excluding carboxylic acids is 1. The van der Waals surface area contributed by atoms with Gasteiger partial charge >= 0.3 is 5.97 Å². The third-order valence-electron chi connectivity index (χ3n) is 4.92. The second-order valence-corrected chi connectivity index (χ2v) is 6.39. The van der Waals surface area contributed by atoms with Crippen molar-refractivity contribution in [1.82, 2.24) is 9.78 Å². The molecule has 1 atom stereocenters. The van der Waals surface area contributed by atoms with E-state index < -0.39 is 5.92 Å². The summed E-state index contributed by atoms with van der Waals surface area (Å²) in [6.07, 6.45) is 1.87. The van der Waals surface area contributed by atoms with Crippen molar-refractivity contribution in [2.75, 3.05) is 32.9 Å². The first-order valence-corrected chi connectivity index (χ1v) is 8.37. The van der Waals surface area contributed by atoms with Crippen LogP contribution in [0.3, 0.4) is 0 Å². The van der Waals surface area contributed by atoms with Crippen molar-refractivity contribution >= 4 is 11.7 Å². The number of aryl methyl sites for hydroxylation is 1. The van der Waals surface area contributed by atoms with Gasteiger partial charge in [-0.1, -0.05) is 0 Å². The van der Waals surface area contributed by atoms with Gasteiger partial charge < -0.3 is 29.0 Å². The maximum absolute atomic E-state index is 12.5. The largest absolute Gasteiger partial charge is 0.492 e. The third-order valence-corrected chi connectivity index (χ3v) is 4.92. The smallest absolute Gasteiger partial charge is 0.337 e. The number of methoxy groups -OCH3 is 2. The van der Waals surface area contributed by atoms with Crippen LogP contribution < -0.4 is 24.3 Å². The lowest BCUT2D eigenvalue weighted by Gasteiger charge is -2.25. The predicted molar refractivity (Wildman–Crippen MR) is 92.3 cm³/mol. The quantitative estimate of drug-likeness (QED) is 0.812. The van der Waals surface area contributed by atoms with Crippen LogP contribution in [0.5, 0.6) is 23.0 Å². The Bertz CT molecular complexity index is 1010. The van der Waals surface area contributed by atoms with Gasteiger partial charge in [-0.15, -0.1) is 0 Å². The number of aromatic nitrogens is 2. The molecule has 1 aromatic carbocycles. The molecule has 1 N–H and O–H groups in total. The highest BCUT2D eigenvalue weighted by Crippen LogP contribution is 2.54. The Labute approximate surface area is 154 Å². The topological polar surface area (TPSA) is 93.1 Å². The van der Waals surface area contributed by atoms with Crippen molar-refractivity contribution in [3.05, 3.63) is 34.8 Å². The summed E-state index contributed by atoms with van der Waals surface area (Å²) < 4.78 is 29.3. The van der Waals surface area contributed by atoms with Crippen LogP contribution in [-0.2, 0) is 16.6 Å². The summed E-state index contributed by atoms with van der Waals surface area (Å²) in [5, 5.41) is 7.82. The van der Waals surface area contributed by atoms with Gasteiger partial charge in [0, 0.05) is 18.8 Å². The van der Waals surface area contributed by atoms with Gasteiger partial charge in [0.25, 0.3) is 0 Å². The first kappa shape index (κ1) is 15.9. The van der Waals surface area contributed by atoms with Crippen LogP contribution in [0.2, 0.25) is 0 Å². The van der Waals surface area contributed by atoms with Gasteiger partial charge in [-0.3, -0.25) is 4.68 Å². The van der Waals surface area contributed by atoms with E-state index in [9.17, 15) is 4.79 Å². The number of ether oxygens (including phenoxy) is 5. The number of nitrogens with zero attached hydrogens (tertiary/aromatic N) is 2. The molecule has 0 amide bonds. The summed E-state index contributed by atoms with van der Waals surface area (Å²) in [7, 11) is 4.91. The van der Waals surface area contributed by atoms with Crippen LogP contribution >= 0.6 is 0 Å². The van der Waals surface area contributed by atoms with Crippen molar-refractivity contribution in [3.63, 3.8) is 0 Å². The summed E-state index contributed by atoms with van der Waals surface area (Å²) in [6, 6.07) is 1.81. The van der Waals surface area contributed by atoms with E-state index in [2.05, 4.69) is 10.4 Å². The molecule has 0 saturated carbocycles. The van der Waals surface area contributed by atoms with E-state index in [1.54, 1.807) is 11.8 Å². The fourth-order valence-electron chi connectivity index (χ4n) is 3.85. The number of fused-ring (bicyclic) bond motifs is 2. The summed E-state index contributed by atoms with van der Waals surface area (Å²) in [4.78, 5) is 12.5. The lowest BCUT2D eigenvalue weighted by Crippen LogP contribution is -2.20. The second-order valence-electron chi connectivity index (χ2n) is 6.39. The minimum Gasteiger partial charge on any atom is -0.492 e. The number of esters is 1. The summed E-state index contributed by atoms with van der Waals surface area (Å²) >= 11 is 0. The molecule has 0 unspecified atom stereocenters. The first-order valence-electron chi connectivity index (χ1n) is 8.37. The SMILES string of the molecule is COc1c([C@@H]2C3=C(COC3=O)Nc3cn(C)nc32)cc2c(c1OC)OCO2. The molecule has 0 radical (unpaired) electrons. The van der Waals surface area contributed by atoms with Gasteiger partial charge in [-0.05, 0) is 6.07 Å². The number of anilines is 1. The van der Waals surface area contributed by atoms with E-state index >= 15 is 0 Å². The molecule has 9 nitrogen and oxygen atoms in total. The molecule has 9 heteroatoms. The van der Waals surface area contributed by atoms with E-state index in [1.165, 1.54) is 7.11 Å². The van der Waals surface area contributed by atoms with E-state index in [0.717, 1.165) is 11.4 Å². The molecule has 0 aliphatic carbocycles. The highest BCUT2D eigenvalue weighted by atomic mass is 16.7. The molecule has 2 aromatic rings. The van der Waals surface area contributed by atoms with Gasteiger partial charge in [0.2, 0.25) is 18.3 Å².